The molecule has 1 amide bonds. The number of nitrogens with zero attached hydrogens (tertiary/aromatic N) is 2. The highest BCUT2D eigenvalue weighted by atomic mass is 19.1. The molecule has 0 radical (unpaired) electrons. The van der Waals surface area contributed by atoms with E-state index in [1.165, 1.54) is 23.4 Å². The standard InChI is InChI=1S/C26H24FN3O3/c27-19-9-11-20(12-10-19)32-17-21-13-14-25(33-21)26(31)29-23-7-4-8-24-22(23)15-28-30(24)16-18-5-2-1-3-6-18/h1-3,5-6,9-15,23H,4,7-8,16-17H2,(H,29,31). The predicted molar refractivity (Wildman–Crippen MR) is 120 cm³/mol. The normalized spacial score (nSPS) is 15.1. The lowest BCUT2D eigenvalue weighted by molar-refractivity contribution is 0.0900. The fraction of sp³-hybridized carbons (Fsp3) is 0.231. The summed E-state index contributed by atoms with van der Waals surface area (Å²) >= 11 is 0. The predicted octanol–water partition coefficient (Wildman–Crippen LogP) is 5.05. The molecule has 0 bridgehead atoms. The first-order chi connectivity index (χ1) is 16.2. The van der Waals surface area contributed by atoms with E-state index in [4.69, 9.17) is 9.15 Å². The third-order valence-electron chi connectivity index (χ3n) is 5.82. The Hall–Kier alpha value is -3.87. The van der Waals surface area contributed by atoms with Crippen molar-refractivity contribution >= 4 is 5.91 Å². The Kier molecular flexibility index (Phi) is 5.93. The van der Waals surface area contributed by atoms with E-state index in [0.29, 0.717) is 18.1 Å². The summed E-state index contributed by atoms with van der Waals surface area (Å²) in [5, 5.41) is 7.68. The molecule has 0 saturated carbocycles. The summed E-state index contributed by atoms with van der Waals surface area (Å²) < 4.78 is 26.3. The average Bonchev–Trinajstić information content (AvgIpc) is 3.48. The molecule has 0 fully saturated rings. The summed E-state index contributed by atoms with van der Waals surface area (Å²) in [5.41, 5.74) is 3.43. The number of carbonyl (C=O) groups excluding carboxylic acids is 1. The minimum atomic E-state index is -0.323. The lowest BCUT2D eigenvalue weighted by atomic mass is 9.93. The lowest BCUT2D eigenvalue weighted by Crippen LogP contribution is -2.30. The number of benzene rings is 2. The minimum absolute atomic E-state index is 0.102. The van der Waals surface area contributed by atoms with Gasteiger partial charge in [-0.05, 0) is 61.2 Å². The molecule has 6 nitrogen and oxygen atoms in total. The Bertz CT molecular complexity index is 1230. The van der Waals surface area contributed by atoms with Gasteiger partial charge in [0.15, 0.2) is 5.76 Å². The van der Waals surface area contributed by atoms with Gasteiger partial charge in [0.05, 0.1) is 18.8 Å². The number of ether oxygens (including phenoxy) is 1. The summed E-state index contributed by atoms with van der Waals surface area (Å²) in [5.74, 6) is 0.689. The van der Waals surface area contributed by atoms with Crippen LogP contribution >= 0.6 is 0 Å². The Labute approximate surface area is 191 Å². The van der Waals surface area contributed by atoms with Crippen molar-refractivity contribution in [2.75, 3.05) is 0 Å². The van der Waals surface area contributed by atoms with Crippen LogP contribution in [0.3, 0.4) is 0 Å². The summed E-state index contributed by atoms with van der Waals surface area (Å²) in [6.45, 7) is 0.866. The molecule has 0 saturated heterocycles. The van der Waals surface area contributed by atoms with Crippen LogP contribution in [-0.2, 0) is 19.6 Å². The minimum Gasteiger partial charge on any atom is -0.486 e. The average molecular weight is 445 g/mol. The van der Waals surface area contributed by atoms with Gasteiger partial charge in [-0.2, -0.15) is 5.10 Å². The number of amides is 1. The van der Waals surface area contributed by atoms with Gasteiger partial charge in [-0.1, -0.05) is 30.3 Å². The second kappa shape index (κ2) is 9.32. The maximum absolute atomic E-state index is 13.0. The molecular weight excluding hydrogens is 421 g/mol. The highest BCUT2D eigenvalue weighted by molar-refractivity contribution is 5.91. The quantitative estimate of drug-likeness (QED) is 0.432. The zero-order valence-electron chi connectivity index (χ0n) is 18.0. The molecule has 2 heterocycles. The molecule has 7 heteroatoms. The van der Waals surface area contributed by atoms with Crippen LogP contribution < -0.4 is 10.1 Å². The van der Waals surface area contributed by atoms with Gasteiger partial charge in [-0.3, -0.25) is 9.48 Å². The van der Waals surface area contributed by atoms with Crippen molar-refractivity contribution in [3.63, 3.8) is 0 Å². The van der Waals surface area contributed by atoms with E-state index in [2.05, 4.69) is 22.5 Å². The van der Waals surface area contributed by atoms with E-state index in [9.17, 15) is 9.18 Å². The molecule has 1 aliphatic rings. The highest BCUT2D eigenvalue weighted by Crippen LogP contribution is 2.30. The number of aromatic nitrogens is 2. The smallest absolute Gasteiger partial charge is 0.287 e. The summed E-state index contributed by atoms with van der Waals surface area (Å²) in [6.07, 6.45) is 4.65. The molecule has 4 aromatic rings. The van der Waals surface area contributed by atoms with Crippen molar-refractivity contribution < 1.29 is 18.3 Å². The summed E-state index contributed by atoms with van der Waals surface area (Å²) in [4.78, 5) is 12.8. The van der Waals surface area contributed by atoms with Crippen LogP contribution in [0.4, 0.5) is 4.39 Å². The van der Waals surface area contributed by atoms with Crippen LogP contribution in [0.5, 0.6) is 5.75 Å². The van der Waals surface area contributed by atoms with Crippen LogP contribution in [0.25, 0.3) is 0 Å². The van der Waals surface area contributed by atoms with E-state index < -0.39 is 0 Å². The van der Waals surface area contributed by atoms with Crippen LogP contribution in [0.15, 0.2) is 77.3 Å². The first-order valence-electron chi connectivity index (χ1n) is 11.0. The van der Waals surface area contributed by atoms with Crippen LogP contribution in [0.2, 0.25) is 0 Å². The second-order valence-electron chi connectivity index (χ2n) is 8.12. The van der Waals surface area contributed by atoms with E-state index >= 15 is 0 Å². The van der Waals surface area contributed by atoms with Crippen molar-refractivity contribution in [3.05, 3.63) is 107 Å². The number of rotatable bonds is 7. The van der Waals surface area contributed by atoms with Gasteiger partial charge in [0.2, 0.25) is 0 Å². The Morgan fingerprint density at radius 3 is 2.76 bits per heavy atom. The van der Waals surface area contributed by atoms with Crippen molar-refractivity contribution in [2.45, 2.75) is 38.5 Å². The highest BCUT2D eigenvalue weighted by Gasteiger charge is 2.26. The van der Waals surface area contributed by atoms with Crippen molar-refractivity contribution in [1.82, 2.24) is 15.1 Å². The maximum Gasteiger partial charge on any atom is 0.287 e. The Balaban J connectivity index is 1.22. The van der Waals surface area contributed by atoms with Gasteiger partial charge in [-0.15, -0.1) is 0 Å². The third kappa shape index (κ3) is 4.82. The van der Waals surface area contributed by atoms with Gasteiger partial charge in [0.1, 0.15) is 23.9 Å². The molecule has 5 rings (SSSR count). The third-order valence-corrected chi connectivity index (χ3v) is 5.82. The molecule has 1 aliphatic carbocycles. The van der Waals surface area contributed by atoms with Crippen LogP contribution in [0.1, 0.15) is 52.0 Å². The molecule has 33 heavy (non-hydrogen) atoms. The van der Waals surface area contributed by atoms with Crippen molar-refractivity contribution in [2.24, 2.45) is 0 Å². The van der Waals surface area contributed by atoms with E-state index in [0.717, 1.165) is 24.8 Å². The van der Waals surface area contributed by atoms with E-state index in [-0.39, 0.29) is 30.1 Å². The molecule has 0 aliphatic heterocycles. The van der Waals surface area contributed by atoms with Crippen LogP contribution in [0, 0.1) is 5.82 Å². The molecule has 1 unspecified atom stereocenters. The number of fused-ring (bicyclic) bond motifs is 1. The number of nitrogens with one attached hydrogen (secondary N) is 1. The number of carbonyl (C=O) groups is 1. The first-order valence-corrected chi connectivity index (χ1v) is 11.0. The van der Waals surface area contributed by atoms with Crippen molar-refractivity contribution in [3.8, 4) is 5.75 Å². The number of hydrogen-bond donors (Lipinski definition) is 1. The summed E-state index contributed by atoms with van der Waals surface area (Å²) in [6, 6.07) is 19.2. The molecule has 2 aromatic heterocycles. The number of furan rings is 1. The van der Waals surface area contributed by atoms with E-state index in [1.54, 1.807) is 24.3 Å². The van der Waals surface area contributed by atoms with Crippen molar-refractivity contribution in [1.29, 1.82) is 0 Å². The molecule has 0 spiro atoms. The molecule has 1 N–H and O–H groups in total. The topological polar surface area (TPSA) is 69.3 Å². The fourth-order valence-corrected chi connectivity index (χ4v) is 4.15. The molecular formula is C26H24FN3O3. The lowest BCUT2D eigenvalue weighted by Gasteiger charge is -2.24. The van der Waals surface area contributed by atoms with Gasteiger partial charge >= 0.3 is 0 Å². The van der Waals surface area contributed by atoms with Gasteiger partial charge in [0, 0.05) is 11.3 Å². The Morgan fingerprint density at radius 1 is 1.12 bits per heavy atom. The second-order valence-corrected chi connectivity index (χ2v) is 8.12. The Morgan fingerprint density at radius 2 is 1.94 bits per heavy atom. The summed E-state index contributed by atoms with van der Waals surface area (Å²) in [7, 11) is 0. The molecule has 2 aromatic carbocycles. The molecule has 1 atom stereocenters. The zero-order chi connectivity index (χ0) is 22.6. The molecule has 168 valence electrons. The fourth-order valence-electron chi connectivity index (χ4n) is 4.15. The first kappa shape index (κ1) is 21.0. The number of hydrogen-bond acceptors (Lipinski definition) is 4. The van der Waals surface area contributed by atoms with Gasteiger partial charge < -0.3 is 14.5 Å². The number of halogens is 1. The monoisotopic (exact) mass is 445 g/mol. The largest absolute Gasteiger partial charge is 0.486 e. The van der Waals surface area contributed by atoms with Gasteiger partial charge in [-0.25, -0.2) is 4.39 Å². The SMILES string of the molecule is O=C(NC1CCCc2c1cnn2Cc1ccccc1)c1ccc(COc2ccc(F)cc2)o1. The zero-order valence-corrected chi connectivity index (χ0v) is 18.0. The van der Waals surface area contributed by atoms with E-state index in [1.807, 2.05) is 29.1 Å². The maximum atomic E-state index is 13.0. The van der Waals surface area contributed by atoms with Crippen LogP contribution in [-0.4, -0.2) is 15.7 Å². The van der Waals surface area contributed by atoms with Gasteiger partial charge in [0.25, 0.3) is 5.91 Å².